The van der Waals surface area contributed by atoms with Gasteiger partial charge in [-0.3, -0.25) is 4.90 Å². The Labute approximate surface area is 184 Å². The van der Waals surface area contributed by atoms with E-state index >= 15 is 0 Å². The summed E-state index contributed by atoms with van der Waals surface area (Å²) < 4.78 is 28.9. The number of para-hydroxylation sites is 1. The van der Waals surface area contributed by atoms with E-state index in [1.54, 1.807) is 18.3 Å². The molecule has 162 valence electrons. The standard InChI is InChI=1S/C24H28N4O2S/c1-18(2)19-8-5-7-11-24(19)31(29,30)28-17-21(20-9-4-6-10-22(20)28)23(16-25)27-14-12-26(3)13-15-27/h4-11,17-18,23H,12-15H2,1-3H3. The number of nitrogens with zero attached hydrogens (tertiary/aromatic N) is 4. The SMILES string of the molecule is CC(C)c1ccccc1S(=O)(=O)n1cc(C(C#N)N2CCN(C)CC2)c2ccccc21. The molecule has 31 heavy (non-hydrogen) atoms. The van der Waals surface area contributed by atoms with Gasteiger partial charge in [-0.2, -0.15) is 5.26 Å². The van der Waals surface area contributed by atoms with E-state index in [0.29, 0.717) is 10.4 Å². The van der Waals surface area contributed by atoms with Crippen LogP contribution in [-0.4, -0.2) is 55.4 Å². The van der Waals surface area contributed by atoms with E-state index in [1.165, 1.54) is 3.97 Å². The maximum Gasteiger partial charge on any atom is 0.268 e. The molecule has 3 aromatic rings. The third-order valence-corrected chi connectivity index (χ3v) is 7.85. The lowest BCUT2D eigenvalue weighted by molar-refractivity contribution is 0.133. The normalized spacial score (nSPS) is 17.1. The molecular formula is C24H28N4O2S. The Morgan fingerprint density at radius 1 is 0.935 bits per heavy atom. The van der Waals surface area contributed by atoms with E-state index in [2.05, 4.69) is 22.9 Å². The Bertz CT molecular complexity index is 1230. The molecule has 1 aromatic heterocycles. The highest BCUT2D eigenvalue weighted by Gasteiger charge is 2.30. The third kappa shape index (κ3) is 3.87. The largest absolute Gasteiger partial charge is 0.304 e. The van der Waals surface area contributed by atoms with E-state index < -0.39 is 16.1 Å². The van der Waals surface area contributed by atoms with Crippen LogP contribution in [0.15, 0.2) is 59.6 Å². The molecule has 7 heteroatoms. The molecule has 1 fully saturated rings. The summed E-state index contributed by atoms with van der Waals surface area (Å²) in [6.45, 7) is 7.31. The summed E-state index contributed by atoms with van der Waals surface area (Å²) in [6, 6.07) is 16.5. The molecule has 2 aromatic carbocycles. The Hall–Kier alpha value is -2.66. The highest BCUT2D eigenvalue weighted by atomic mass is 32.2. The van der Waals surface area contributed by atoms with Gasteiger partial charge in [-0.05, 0) is 30.7 Å². The van der Waals surface area contributed by atoms with Gasteiger partial charge in [0.25, 0.3) is 10.0 Å². The minimum atomic E-state index is -3.82. The highest BCUT2D eigenvalue weighted by Crippen LogP contribution is 2.34. The maximum atomic E-state index is 13.8. The summed E-state index contributed by atoms with van der Waals surface area (Å²) >= 11 is 0. The van der Waals surface area contributed by atoms with Gasteiger partial charge in [0.05, 0.1) is 16.5 Å². The third-order valence-electron chi connectivity index (χ3n) is 6.11. The molecule has 0 bridgehead atoms. The predicted octanol–water partition coefficient (Wildman–Crippen LogP) is 3.81. The lowest BCUT2D eigenvalue weighted by atomic mass is 10.0. The molecule has 1 saturated heterocycles. The summed E-state index contributed by atoms with van der Waals surface area (Å²) in [4.78, 5) is 4.69. The zero-order valence-corrected chi connectivity index (χ0v) is 19.0. The Kier molecular flexibility index (Phi) is 5.89. The van der Waals surface area contributed by atoms with Crippen molar-refractivity contribution in [1.82, 2.24) is 13.8 Å². The Balaban J connectivity index is 1.87. The number of fused-ring (bicyclic) bond motifs is 1. The summed E-state index contributed by atoms with van der Waals surface area (Å²) in [5.74, 6) is 0.0736. The van der Waals surface area contributed by atoms with Crippen molar-refractivity contribution in [2.75, 3.05) is 33.2 Å². The van der Waals surface area contributed by atoms with Gasteiger partial charge in [0.2, 0.25) is 0 Å². The van der Waals surface area contributed by atoms with E-state index in [4.69, 9.17) is 0 Å². The smallest absolute Gasteiger partial charge is 0.268 e. The zero-order chi connectivity index (χ0) is 22.2. The van der Waals surface area contributed by atoms with Gasteiger partial charge in [-0.25, -0.2) is 12.4 Å². The predicted molar refractivity (Wildman–Crippen MR) is 122 cm³/mol. The lowest BCUT2D eigenvalue weighted by Gasteiger charge is -2.35. The van der Waals surface area contributed by atoms with Gasteiger partial charge >= 0.3 is 0 Å². The fraction of sp³-hybridized carbons (Fsp3) is 0.375. The maximum absolute atomic E-state index is 13.8. The lowest BCUT2D eigenvalue weighted by Crippen LogP contribution is -2.45. The molecule has 0 radical (unpaired) electrons. The van der Waals surface area contributed by atoms with Gasteiger partial charge < -0.3 is 4.90 Å². The second-order valence-corrected chi connectivity index (χ2v) is 10.2. The second kappa shape index (κ2) is 8.46. The summed E-state index contributed by atoms with van der Waals surface area (Å²) in [5, 5.41) is 10.8. The summed E-state index contributed by atoms with van der Waals surface area (Å²) in [5.41, 5.74) is 2.14. The molecular weight excluding hydrogens is 408 g/mol. The monoisotopic (exact) mass is 436 g/mol. The average Bonchev–Trinajstić information content (AvgIpc) is 3.16. The molecule has 1 aliphatic heterocycles. The van der Waals surface area contributed by atoms with Crippen LogP contribution in [0, 0.1) is 11.3 Å². The molecule has 2 heterocycles. The molecule has 1 aliphatic rings. The fourth-order valence-corrected chi connectivity index (χ4v) is 6.05. The van der Waals surface area contributed by atoms with Crippen LogP contribution in [0.5, 0.6) is 0 Å². The fourth-order valence-electron chi connectivity index (χ4n) is 4.32. The zero-order valence-electron chi connectivity index (χ0n) is 18.2. The first kappa shape index (κ1) is 21.6. The molecule has 0 N–H and O–H groups in total. The van der Waals surface area contributed by atoms with Crippen LogP contribution in [0.1, 0.15) is 36.9 Å². The summed E-state index contributed by atoms with van der Waals surface area (Å²) in [7, 11) is -1.75. The molecule has 0 saturated carbocycles. The first-order valence-corrected chi connectivity index (χ1v) is 12.0. The van der Waals surface area contributed by atoms with Crippen LogP contribution in [0.25, 0.3) is 10.9 Å². The van der Waals surface area contributed by atoms with Crippen LogP contribution in [0.3, 0.4) is 0 Å². The first-order chi connectivity index (χ1) is 14.8. The number of rotatable bonds is 5. The molecule has 1 atom stereocenters. The molecule has 1 unspecified atom stereocenters. The van der Waals surface area contributed by atoms with Crippen molar-refractivity contribution in [2.45, 2.75) is 30.7 Å². The molecule has 0 aliphatic carbocycles. The van der Waals surface area contributed by atoms with Gasteiger partial charge in [-0.15, -0.1) is 0 Å². The average molecular weight is 437 g/mol. The minimum Gasteiger partial charge on any atom is -0.304 e. The van der Waals surface area contributed by atoms with Crippen LogP contribution >= 0.6 is 0 Å². The van der Waals surface area contributed by atoms with Crippen LogP contribution in [0.2, 0.25) is 0 Å². The Morgan fingerprint density at radius 3 is 2.26 bits per heavy atom. The topological polar surface area (TPSA) is 69.3 Å². The van der Waals surface area contributed by atoms with E-state index in [-0.39, 0.29) is 5.92 Å². The van der Waals surface area contributed by atoms with Crippen molar-refractivity contribution in [2.24, 2.45) is 0 Å². The van der Waals surface area contributed by atoms with Crippen LogP contribution < -0.4 is 0 Å². The molecule has 4 rings (SSSR count). The number of likely N-dealkylation sites (N-methyl/N-ethyl adjacent to an activating group) is 1. The molecule has 0 amide bonds. The van der Waals surface area contributed by atoms with Gasteiger partial charge in [0.15, 0.2) is 0 Å². The van der Waals surface area contributed by atoms with E-state index in [9.17, 15) is 13.7 Å². The summed E-state index contributed by atoms with van der Waals surface area (Å²) in [6.07, 6.45) is 1.66. The Morgan fingerprint density at radius 2 is 1.58 bits per heavy atom. The van der Waals surface area contributed by atoms with Crippen molar-refractivity contribution in [3.05, 3.63) is 65.9 Å². The van der Waals surface area contributed by atoms with Crippen molar-refractivity contribution >= 4 is 20.9 Å². The van der Waals surface area contributed by atoms with Crippen molar-refractivity contribution < 1.29 is 8.42 Å². The van der Waals surface area contributed by atoms with Gasteiger partial charge in [-0.1, -0.05) is 50.2 Å². The van der Waals surface area contributed by atoms with E-state index in [0.717, 1.165) is 42.7 Å². The first-order valence-electron chi connectivity index (χ1n) is 10.6. The van der Waals surface area contributed by atoms with Crippen LogP contribution in [-0.2, 0) is 10.0 Å². The molecule has 0 spiro atoms. The van der Waals surface area contributed by atoms with Crippen molar-refractivity contribution in [1.29, 1.82) is 5.26 Å². The van der Waals surface area contributed by atoms with Crippen molar-refractivity contribution in [3.63, 3.8) is 0 Å². The number of benzene rings is 2. The van der Waals surface area contributed by atoms with Gasteiger partial charge in [0.1, 0.15) is 6.04 Å². The number of nitriles is 1. The van der Waals surface area contributed by atoms with Crippen LogP contribution in [0.4, 0.5) is 0 Å². The minimum absolute atomic E-state index is 0.0736. The number of hydrogen-bond acceptors (Lipinski definition) is 5. The van der Waals surface area contributed by atoms with Crippen molar-refractivity contribution in [3.8, 4) is 6.07 Å². The quantitative estimate of drug-likeness (QED) is 0.608. The molecule has 6 nitrogen and oxygen atoms in total. The number of aromatic nitrogens is 1. The van der Waals surface area contributed by atoms with E-state index in [1.807, 2.05) is 50.2 Å². The second-order valence-electron chi connectivity index (χ2n) is 8.47. The number of piperazine rings is 1. The number of hydrogen-bond donors (Lipinski definition) is 0. The highest BCUT2D eigenvalue weighted by molar-refractivity contribution is 7.90. The van der Waals surface area contributed by atoms with Gasteiger partial charge in [0, 0.05) is 43.3 Å².